The van der Waals surface area contributed by atoms with Gasteiger partial charge >= 0.3 is 0 Å². The summed E-state index contributed by atoms with van der Waals surface area (Å²) in [5.74, 6) is 0. The van der Waals surface area contributed by atoms with E-state index >= 15 is 0 Å². The van der Waals surface area contributed by atoms with Crippen LogP contribution in [0.3, 0.4) is 0 Å². The number of allylic oxidation sites excluding steroid dienone is 8. The van der Waals surface area contributed by atoms with E-state index in [2.05, 4.69) is 37.3 Å². The van der Waals surface area contributed by atoms with Crippen LogP contribution in [0.25, 0.3) is 0 Å². The summed E-state index contributed by atoms with van der Waals surface area (Å²) < 4.78 is 0. The molecule has 0 rings (SSSR count). The SMILES string of the molecule is CC=CC=CC=CCCCC=CC. The molecule has 0 aliphatic rings. The zero-order chi connectivity index (χ0) is 9.78. The molecule has 0 aliphatic carbocycles. The molecule has 0 amide bonds. The molecule has 0 aromatic rings. The van der Waals surface area contributed by atoms with Gasteiger partial charge in [-0.3, -0.25) is 0 Å². The summed E-state index contributed by atoms with van der Waals surface area (Å²) in [5, 5.41) is 0. The molecular weight excluding hydrogens is 156 g/mol. The van der Waals surface area contributed by atoms with Gasteiger partial charge in [0.15, 0.2) is 0 Å². The molecule has 0 saturated carbocycles. The first-order valence-electron chi connectivity index (χ1n) is 4.97. The van der Waals surface area contributed by atoms with E-state index in [1.54, 1.807) is 0 Å². The maximum Gasteiger partial charge on any atom is -0.0345 e. The first kappa shape index (κ1) is 12.0. The van der Waals surface area contributed by atoms with Gasteiger partial charge in [0, 0.05) is 0 Å². The zero-order valence-corrected chi connectivity index (χ0v) is 8.74. The van der Waals surface area contributed by atoms with Crippen LogP contribution < -0.4 is 0 Å². The summed E-state index contributed by atoms with van der Waals surface area (Å²) in [4.78, 5) is 0. The van der Waals surface area contributed by atoms with Gasteiger partial charge in [0.05, 0.1) is 0 Å². The second-order valence-corrected chi connectivity index (χ2v) is 2.84. The summed E-state index contributed by atoms with van der Waals surface area (Å²) in [5.41, 5.74) is 0. The first-order chi connectivity index (χ1) is 6.41. The third kappa shape index (κ3) is 11.0. The normalized spacial score (nSPS) is 13.1. The first-order valence-corrected chi connectivity index (χ1v) is 4.97. The molecule has 0 saturated heterocycles. The van der Waals surface area contributed by atoms with Crippen LogP contribution >= 0.6 is 0 Å². The van der Waals surface area contributed by atoms with Gasteiger partial charge in [-0.25, -0.2) is 0 Å². The van der Waals surface area contributed by atoms with E-state index in [0.29, 0.717) is 0 Å². The Hall–Kier alpha value is -1.04. The number of hydrogen-bond acceptors (Lipinski definition) is 0. The highest BCUT2D eigenvalue weighted by molar-refractivity contribution is 5.10. The van der Waals surface area contributed by atoms with Crippen molar-refractivity contribution in [3.05, 3.63) is 48.6 Å². The molecule has 0 nitrogen and oxygen atoms in total. The van der Waals surface area contributed by atoms with Gasteiger partial charge in [0.25, 0.3) is 0 Å². The van der Waals surface area contributed by atoms with Gasteiger partial charge in [-0.05, 0) is 33.1 Å². The molecule has 0 heteroatoms. The lowest BCUT2D eigenvalue weighted by Crippen LogP contribution is -1.67. The lowest BCUT2D eigenvalue weighted by molar-refractivity contribution is 0.867. The van der Waals surface area contributed by atoms with Gasteiger partial charge in [-0.2, -0.15) is 0 Å². The van der Waals surface area contributed by atoms with Crippen molar-refractivity contribution in [2.45, 2.75) is 33.1 Å². The molecule has 0 bridgehead atoms. The van der Waals surface area contributed by atoms with Crippen molar-refractivity contribution in [2.75, 3.05) is 0 Å². The van der Waals surface area contributed by atoms with Crippen molar-refractivity contribution in [1.29, 1.82) is 0 Å². The van der Waals surface area contributed by atoms with Gasteiger partial charge in [0.2, 0.25) is 0 Å². The van der Waals surface area contributed by atoms with Crippen LogP contribution in [0.4, 0.5) is 0 Å². The van der Waals surface area contributed by atoms with Gasteiger partial charge < -0.3 is 0 Å². The Kier molecular flexibility index (Phi) is 10.1. The molecule has 0 aromatic carbocycles. The fourth-order valence-electron chi connectivity index (χ4n) is 0.934. The van der Waals surface area contributed by atoms with Crippen molar-refractivity contribution in [3.8, 4) is 0 Å². The highest BCUT2D eigenvalue weighted by Crippen LogP contribution is 1.97. The molecular formula is C13H20. The quantitative estimate of drug-likeness (QED) is 0.319. The zero-order valence-electron chi connectivity index (χ0n) is 8.74. The van der Waals surface area contributed by atoms with Crippen LogP contribution in [0.5, 0.6) is 0 Å². The van der Waals surface area contributed by atoms with Crippen molar-refractivity contribution >= 4 is 0 Å². The topological polar surface area (TPSA) is 0 Å². The fraction of sp³-hybridized carbons (Fsp3) is 0.385. The van der Waals surface area contributed by atoms with Crippen LogP contribution in [0, 0.1) is 0 Å². The molecule has 72 valence electrons. The summed E-state index contributed by atoms with van der Waals surface area (Å²) >= 11 is 0. The molecule has 0 aliphatic heterocycles. The molecule has 0 N–H and O–H groups in total. The Balaban J connectivity index is 3.31. The van der Waals surface area contributed by atoms with Crippen LogP contribution in [0.2, 0.25) is 0 Å². The highest BCUT2D eigenvalue weighted by Gasteiger charge is 1.77. The van der Waals surface area contributed by atoms with E-state index < -0.39 is 0 Å². The molecule has 0 heterocycles. The predicted molar refractivity (Wildman–Crippen MR) is 61.8 cm³/mol. The number of hydrogen-bond donors (Lipinski definition) is 0. The van der Waals surface area contributed by atoms with E-state index in [0.717, 1.165) is 0 Å². The van der Waals surface area contributed by atoms with E-state index in [1.165, 1.54) is 19.3 Å². The minimum Gasteiger partial charge on any atom is -0.0917 e. The average Bonchev–Trinajstić information content (AvgIpc) is 2.16. The summed E-state index contributed by atoms with van der Waals surface area (Å²) in [6.45, 7) is 4.08. The molecule has 0 unspecified atom stereocenters. The van der Waals surface area contributed by atoms with E-state index in [1.807, 2.05) is 25.2 Å². The van der Waals surface area contributed by atoms with Crippen LogP contribution in [0.1, 0.15) is 33.1 Å². The van der Waals surface area contributed by atoms with Gasteiger partial charge in [0.1, 0.15) is 0 Å². The Bertz CT molecular complexity index is 192. The van der Waals surface area contributed by atoms with Gasteiger partial charge in [-0.1, -0.05) is 48.6 Å². The van der Waals surface area contributed by atoms with Crippen LogP contribution in [0.15, 0.2) is 48.6 Å². The fourth-order valence-corrected chi connectivity index (χ4v) is 0.934. The lowest BCUT2D eigenvalue weighted by Gasteiger charge is -1.87. The Labute approximate surface area is 82.4 Å². The Morgan fingerprint density at radius 1 is 0.692 bits per heavy atom. The third-order valence-corrected chi connectivity index (χ3v) is 1.64. The second kappa shape index (κ2) is 11.0. The van der Waals surface area contributed by atoms with Crippen molar-refractivity contribution in [1.82, 2.24) is 0 Å². The summed E-state index contributed by atoms with van der Waals surface area (Å²) in [6, 6.07) is 0. The molecule has 0 atom stereocenters. The Morgan fingerprint density at radius 3 is 2.08 bits per heavy atom. The minimum atomic E-state index is 1.17. The van der Waals surface area contributed by atoms with E-state index in [9.17, 15) is 0 Å². The smallest absolute Gasteiger partial charge is 0.0345 e. The van der Waals surface area contributed by atoms with Crippen molar-refractivity contribution in [3.63, 3.8) is 0 Å². The second-order valence-electron chi connectivity index (χ2n) is 2.84. The minimum absolute atomic E-state index is 1.17. The van der Waals surface area contributed by atoms with Crippen molar-refractivity contribution < 1.29 is 0 Å². The summed E-state index contributed by atoms with van der Waals surface area (Å²) in [7, 11) is 0. The average molecular weight is 176 g/mol. The number of rotatable bonds is 6. The molecule has 0 fully saturated rings. The largest absolute Gasteiger partial charge is 0.0917 e. The predicted octanol–water partition coefficient (Wildman–Crippen LogP) is 4.42. The maximum atomic E-state index is 2.21. The third-order valence-electron chi connectivity index (χ3n) is 1.64. The monoisotopic (exact) mass is 176 g/mol. The van der Waals surface area contributed by atoms with Crippen molar-refractivity contribution in [2.24, 2.45) is 0 Å². The number of unbranched alkanes of at least 4 members (excludes halogenated alkanes) is 2. The standard InChI is InChI=1S/C13H20/c1-3-5-7-9-11-13-12-10-8-6-4-2/h3-7,9,11,13H,8,10,12H2,1-2H3. The Morgan fingerprint density at radius 2 is 1.38 bits per heavy atom. The highest BCUT2D eigenvalue weighted by atomic mass is 13.8. The van der Waals surface area contributed by atoms with Crippen LogP contribution in [-0.4, -0.2) is 0 Å². The molecule has 0 spiro atoms. The van der Waals surface area contributed by atoms with E-state index in [-0.39, 0.29) is 0 Å². The molecule has 0 aromatic heterocycles. The van der Waals surface area contributed by atoms with E-state index in [4.69, 9.17) is 0 Å². The lowest BCUT2D eigenvalue weighted by atomic mass is 10.2. The summed E-state index contributed by atoms with van der Waals surface area (Å²) in [6.07, 6.45) is 20.4. The van der Waals surface area contributed by atoms with Gasteiger partial charge in [-0.15, -0.1) is 0 Å². The molecule has 13 heavy (non-hydrogen) atoms. The molecule has 0 radical (unpaired) electrons. The van der Waals surface area contributed by atoms with Crippen LogP contribution in [-0.2, 0) is 0 Å². The maximum absolute atomic E-state index is 2.21.